The topological polar surface area (TPSA) is 26.3 Å². The van der Waals surface area contributed by atoms with Gasteiger partial charge in [-0.1, -0.05) is 147 Å². The molecule has 178 valence electrons. The molecule has 0 heterocycles. The van der Waals surface area contributed by atoms with Crippen molar-refractivity contribution < 1.29 is 9.53 Å². The molecule has 0 spiro atoms. The second-order valence-corrected chi connectivity index (χ2v) is 8.80. The number of esters is 1. The van der Waals surface area contributed by atoms with Gasteiger partial charge in [-0.15, -0.1) is 0 Å². The molecule has 1 atom stereocenters. The Kier molecular flexibility index (Phi) is 16.1. The molecular formula is C30H46O2. The molecule has 0 fully saturated rings. The van der Waals surface area contributed by atoms with E-state index in [9.17, 15) is 4.79 Å². The third-order valence-electron chi connectivity index (χ3n) is 6.30. The van der Waals surface area contributed by atoms with Crippen LogP contribution in [0.15, 0.2) is 44.2 Å². The predicted molar refractivity (Wildman–Crippen MR) is 141 cm³/mol. The summed E-state index contributed by atoms with van der Waals surface area (Å²) in [5.41, 5.74) is 2.94. The molecule has 0 aliphatic rings. The molecule has 2 nitrogen and oxygen atoms in total. The summed E-state index contributed by atoms with van der Waals surface area (Å²) >= 11 is 0. The van der Waals surface area contributed by atoms with Crippen molar-refractivity contribution in [1.82, 2.24) is 0 Å². The first-order valence-electron chi connectivity index (χ1n) is 12.9. The maximum atomic E-state index is 12.6. The fourth-order valence-electron chi connectivity index (χ4n) is 4.43. The first-order valence-corrected chi connectivity index (χ1v) is 12.9. The lowest BCUT2D eigenvalue weighted by Crippen LogP contribution is -2.15. The van der Waals surface area contributed by atoms with Crippen molar-refractivity contribution >= 4 is 18.1 Å². The second kappa shape index (κ2) is 18.5. The van der Waals surface area contributed by atoms with Gasteiger partial charge in [-0.3, -0.25) is 4.79 Å². The average Bonchev–Trinajstić information content (AvgIpc) is 2.81. The van der Waals surface area contributed by atoms with Gasteiger partial charge in [0.25, 0.3) is 0 Å². The molecule has 1 aromatic carbocycles. The molecule has 0 aromatic heterocycles. The van der Waals surface area contributed by atoms with E-state index in [1.807, 2.05) is 30.4 Å². The Morgan fingerprint density at radius 3 is 1.81 bits per heavy atom. The van der Waals surface area contributed by atoms with Crippen LogP contribution in [0.5, 0.6) is 0 Å². The molecule has 32 heavy (non-hydrogen) atoms. The van der Waals surface area contributed by atoms with Crippen LogP contribution in [-0.2, 0) is 9.53 Å². The van der Waals surface area contributed by atoms with E-state index in [0.717, 1.165) is 36.0 Å². The fraction of sp³-hybridized carbons (Fsp3) is 0.567. The first kappa shape index (κ1) is 27.9. The number of carbonyl (C=O) groups is 1. The first-order chi connectivity index (χ1) is 15.7. The number of benzene rings is 1. The number of rotatable bonds is 20. The molecule has 0 aliphatic carbocycles. The molecule has 1 unspecified atom stereocenters. The highest BCUT2D eigenvalue weighted by Crippen LogP contribution is 2.30. The van der Waals surface area contributed by atoms with Crippen LogP contribution in [0.4, 0.5) is 0 Å². The average molecular weight is 439 g/mol. The molecule has 0 aliphatic heterocycles. The Morgan fingerprint density at radius 2 is 1.34 bits per heavy atom. The van der Waals surface area contributed by atoms with Crippen LogP contribution in [-0.4, -0.2) is 5.97 Å². The normalized spacial score (nSPS) is 11.7. The minimum absolute atomic E-state index is 0.237. The Bertz CT molecular complexity index is 673. The van der Waals surface area contributed by atoms with E-state index in [-0.39, 0.29) is 11.9 Å². The van der Waals surface area contributed by atoms with Crippen molar-refractivity contribution in [1.29, 1.82) is 0 Å². The zero-order chi connectivity index (χ0) is 23.4. The Balaban J connectivity index is 2.32. The maximum absolute atomic E-state index is 12.6. The predicted octanol–water partition coefficient (Wildman–Crippen LogP) is 9.61. The summed E-state index contributed by atoms with van der Waals surface area (Å²) in [5, 5.41) is 0. The largest absolute Gasteiger partial charge is 0.435 e. The summed E-state index contributed by atoms with van der Waals surface area (Å²) in [7, 11) is 0. The van der Waals surface area contributed by atoms with Gasteiger partial charge in [0.05, 0.1) is 12.2 Å². The molecule has 0 radical (unpaired) electrons. The Hall–Kier alpha value is -2.09. The van der Waals surface area contributed by atoms with Crippen molar-refractivity contribution in [3.63, 3.8) is 0 Å². The van der Waals surface area contributed by atoms with Crippen LogP contribution in [0.2, 0.25) is 0 Å². The van der Waals surface area contributed by atoms with Gasteiger partial charge in [-0.25, -0.2) is 0 Å². The van der Waals surface area contributed by atoms with Gasteiger partial charge in [0.1, 0.15) is 0 Å². The monoisotopic (exact) mass is 438 g/mol. The van der Waals surface area contributed by atoms with E-state index in [4.69, 9.17) is 4.74 Å². The van der Waals surface area contributed by atoms with Gasteiger partial charge in [0.2, 0.25) is 0 Å². The van der Waals surface area contributed by atoms with E-state index in [0.29, 0.717) is 0 Å². The van der Waals surface area contributed by atoms with Gasteiger partial charge >= 0.3 is 5.97 Å². The highest BCUT2D eigenvalue weighted by Gasteiger charge is 2.24. The summed E-state index contributed by atoms with van der Waals surface area (Å²) in [4.78, 5) is 12.6. The van der Waals surface area contributed by atoms with Crippen LogP contribution in [0.3, 0.4) is 0 Å². The van der Waals surface area contributed by atoms with Crippen molar-refractivity contribution in [2.45, 2.75) is 109 Å². The molecule has 2 heteroatoms. The Morgan fingerprint density at radius 1 is 0.812 bits per heavy atom. The minimum atomic E-state index is -0.293. The molecule has 0 N–H and O–H groups in total. The van der Waals surface area contributed by atoms with Crippen LogP contribution >= 0.6 is 0 Å². The highest BCUT2D eigenvalue weighted by atomic mass is 16.5. The van der Waals surface area contributed by atoms with Gasteiger partial charge in [-0.2, -0.15) is 0 Å². The summed E-state index contributed by atoms with van der Waals surface area (Å²) in [5.74, 6) is -0.530. The highest BCUT2D eigenvalue weighted by molar-refractivity contribution is 5.81. The molecular weight excluding hydrogens is 392 g/mol. The van der Waals surface area contributed by atoms with Gasteiger partial charge in [0, 0.05) is 0 Å². The van der Waals surface area contributed by atoms with Crippen molar-refractivity contribution in [3.05, 3.63) is 60.9 Å². The van der Waals surface area contributed by atoms with E-state index in [2.05, 4.69) is 26.7 Å². The van der Waals surface area contributed by atoms with Crippen molar-refractivity contribution in [2.24, 2.45) is 0 Å². The van der Waals surface area contributed by atoms with E-state index < -0.39 is 0 Å². The summed E-state index contributed by atoms with van der Waals surface area (Å²) in [6, 6.07) is 5.97. The second-order valence-electron chi connectivity index (χ2n) is 8.80. The van der Waals surface area contributed by atoms with Crippen LogP contribution < -0.4 is 0 Å². The number of unbranched alkanes of at least 4 members (excludes halogenated alkanes) is 13. The third kappa shape index (κ3) is 11.0. The maximum Gasteiger partial charge on any atom is 0.318 e. The zero-order valence-electron chi connectivity index (χ0n) is 20.6. The quantitative estimate of drug-likeness (QED) is 0.115. The van der Waals surface area contributed by atoms with Gasteiger partial charge < -0.3 is 4.74 Å². The molecule has 1 aromatic rings. The zero-order valence-corrected chi connectivity index (χ0v) is 20.6. The number of hydrogen-bond acceptors (Lipinski definition) is 2. The molecule has 0 saturated heterocycles. The smallest absolute Gasteiger partial charge is 0.318 e. The minimum Gasteiger partial charge on any atom is -0.435 e. The number of ether oxygens (including phenoxy) is 1. The number of carbonyl (C=O) groups excluding carboxylic acids is 1. The summed E-state index contributed by atoms with van der Waals surface area (Å²) in [6.45, 7) is 13.6. The SMILES string of the molecule is C=COC(=O)C(CCCCCCCCCCCCCCCC)c1cccc(C=C)c1C=C. The van der Waals surface area contributed by atoms with Crippen LogP contribution in [0, 0.1) is 0 Å². The van der Waals surface area contributed by atoms with Crippen molar-refractivity contribution in [2.75, 3.05) is 0 Å². The molecule has 0 saturated carbocycles. The molecule has 0 bridgehead atoms. The lowest BCUT2D eigenvalue weighted by molar-refractivity contribution is -0.140. The van der Waals surface area contributed by atoms with E-state index in [1.165, 1.54) is 83.3 Å². The van der Waals surface area contributed by atoms with Crippen molar-refractivity contribution in [3.8, 4) is 0 Å². The summed E-state index contributed by atoms with van der Waals surface area (Å²) < 4.78 is 5.17. The Labute approximate surface area is 197 Å². The van der Waals surface area contributed by atoms with Crippen LogP contribution in [0.1, 0.15) is 126 Å². The molecule has 0 amide bonds. The lowest BCUT2D eigenvalue weighted by Gasteiger charge is -2.19. The van der Waals surface area contributed by atoms with E-state index in [1.54, 1.807) is 0 Å². The lowest BCUT2D eigenvalue weighted by atomic mass is 9.87. The summed E-state index contributed by atoms with van der Waals surface area (Å²) in [6.07, 6.45) is 24.2. The van der Waals surface area contributed by atoms with Gasteiger partial charge in [-0.05, 0) is 23.1 Å². The standard InChI is InChI=1S/C30H46O2/c1-5-9-10-11-12-13-14-15-16-17-18-19-20-21-24-29(30(31)32-8-4)28-25-22-23-26(6-2)27(28)7-3/h6-8,22-23,25,29H,2-5,9-21,24H2,1H3. The van der Waals surface area contributed by atoms with E-state index >= 15 is 0 Å². The molecule has 1 rings (SSSR count). The fourth-order valence-corrected chi connectivity index (χ4v) is 4.43. The van der Waals surface area contributed by atoms with Gasteiger partial charge in [0.15, 0.2) is 0 Å². The third-order valence-corrected chi connectivity index (χ3v) is 6.30. The number of hydrogen-bond donors (Lipinski definition) is 0. The van der Waals surface area contributed by atoms with Crippen LogP contribution in [0.25, 0.3) is 12.2 Å².